The Kier molecular flexibility index (Phi) is 6.57. The van der Waals surface area contributed by atoms with Crippen LogP contribution in [0.4, 0.5) is 5.69 Å². The van der Waals surface area contributed by atoms with Crippen molar-refractivity contribution in [2.24, 2.45) is 0 Å². The molecule has 0 spiro atoms. The Bertz CT molecular complexity index is 582. The summed E-state index contributed by atoms with van der Waals surface area (Å²) in [6.45, 7) is 7.18. The Balaban J connectivity index is 1.39. The number of nitrogens with zero attached hydrogens (tertiary/aromatic N) is 2. The highest BCUT2D eigenvalue weighted by Crippen LogP contribution is 2.25. The zero-order chi connectivity index (χ0) is 17.6. The lowest BCUT2D eigenvalue weighted by molar-refractivity contribution is -0.132. The molecule has 0 bridgehead atoms. The maximum atomic E-state index is 12.3. The molecule has 1 aromatic carbocycles. The van der Waals surface area contributed by atoms with Crippen LogP contribution in [0.15, 0.2) is 18.2 Å². The summed E-state index contributed by atoms with van der Waals surface area (Å²) in [6, 6.07) is 5.96. The van der Waals surface area contributed by atoms with Gasteiger partial charge in [0, 0.05) is 43.5 Å². The van der Waals surface area contributed by atoms with Crippen LogP contribution in [-0.2, 0) is 14.3 Å². The molecule has 0 saturated carbocycles. The van der Waals surface area contributed by atoms with E-state index in [2.05, 4.69) is 11.8 Å². The molecule has 1 unspecified atom stereocenters. The number of piperazine rings is 1. The fourth-order valence-corrected chi connectivity index (χ4v) is 3.59. The number of hydrogen-bond donors (Lipinski definition) is 0. The zero-order valence-corrected chi connectivity index (χ0v) is 15.6. The van der Waals surface area contributed by atoms with Crippen LogP contribution in [0.5, 0.6) is 0 Å². The van der Waals surface area contributed by atoms with E-state index < -0.39 is 0 Å². The van der Waals surface area contributed by atoms with Crippen molar-refractivity contribution < 1.29 is 14.3 Å². The molecule has 2 saturated heterocycles. The van der Waals surface area contributed by atoms with Gasteiger partial charge in [0.2, 0.25) is 5.91 Å². The SMILES string of the molecule is Cc1ccc(Cl)cc1N1CCN(C(=O)CCOCC2CCCO2)CC1. The fourth-order valence-electron chi connectivity index (χ4n) is 3.43. The first-order chi connectivity index (χ1) is 12.1. The van der Waals surface area contributed by atoms with Crippen LogP contribution >= 0.6 is 11.6 Å². The predicted molar refractivity (Wildman–Crippen MR) is 99.4 cm³/mol. The van der Waals surface area contributed by atoms with Gasteiger partial charge in [0.25, 0.3) is 0 Å². The zero-order valence-electron chi connectivity index (χ0n) is 14.9. The van der Waals surface area contributed by atoms with Gasteiger partial charge in [-0.15, -0.1) is 0 Å². The van der Waals surface area contributed by atoms with Crippen molar-refractivity contribution in [2.45, 2.75) is 32.3 Å². The molecule has 3 rings (SSSR count). The quantitative estimate of drug-likeness (QED) is 0.726. The summed E-state index contributed by atoms with van der Waals surface area (Å²) < 4.78 is 11.1. The van der Waals surface area contributed by atoms with Crippen LogP contribution < -0.4 is 4.90 Å². The molecule has 1 aromatic rings. The summed E-state index contributed by atoms with van der Waals surface area (Å²) in [5, 5.41) is 0.752. The van der Waals surface area contributed by atoms with Crippen molar-refractivity contribution in [3.05, 3.63) is 28.8 Å². The van der Waals surface area contributed by atoms with Gasteiger partial charge in [-0.1, -0.05) is 17.7 Å². The summed E-state index contributed by atoms with van der Waals surface area (Å²) in [7, 11) is 0. The van der Waals surface area contributed by atoms with E-state index >= 15 is 0 Å². The second-order valence-corrected chi connectivity index (χ2v) is 7.20. The minimum absolute atomic E-state index is 0.176. The topological polar surface area (TPSA) is 42.0 Å². The van der Waals surface area contributed by atoms with Gasteiger partial charge < -0.3 is 19.3 Å². The lowest BCUT2D eigenvalue weighted by Crippen LogP contribution is -2.49. The van der Waals surface area contributed by atoms with E-state index in [1.807, 2.05) is 23.1 Å². The number of ether oxygens (including phenoxy) is 2. The molecule has 138 valence electrons. The molecule has 0 aromatic heterocycles. The third-order valence-corrected chi connectivity index (χ3v) is 5.17. The number of benzene rings is 1. The largest absolute Gasteiger partial charge is 0.378 e. The second-order valence-electron chi connectivity index (χ2n) is 6.76. The first-order valence-corrected chi connectivity index (χ1v) is 9.49. The van der Waals surface area contributed by atoms with Gasteiger partial charge in [-0.3, -0.25) is 4.79 Å². The van der Waals surface area contributed by atoms with E-state index in [9.17, 15) is 4.79 Å². The Morgan fingerprint density at radius 1 is 1.32 bits per heavy atom. The second kappa shape index (κ2) is 8.88. The average Bonchev–Trinajstić information content (AvgIpc) is 3.14. The average molecular weight is 367 g/mol. The van der Waals surface area contributed by atoms with Gasteiger partial charge in [-0.25, -0.2) is 0 Å². The van der Waals surface area contributed by atoms with Crippen molar-refractivity contribution in [3.8, 4) is 0 Å². The number of rotatable bonds is 6. The third kappa shape index (κ3) is 5.09. The summed E-state index contributed by atoms with van der Waals surface area (Å²) in [6.07, 6.45) is 2.85. The molecule has 2 aliphatic rings. The molecule has 1 atom stereocenters. The first-order valence-electron chi connectivity index (χ1n) is 9.12. The van der Waals surface area contributed by atoms with E-state index in [1.165, 1.54) is 11.3 Å². The van der Waals surface area contributed by atoms with Gasteiger partial charge >= 0.3 is 0 Å². The van der Waals surface area contributed by atoms with Crippen LogP contribution in [0.1, 0.15) is 24.8 Å². The number of anilines is 1. The maximum Gasteiger partial charge on any atom is 0.225 e. The molecule has 0 aliphatic carbocycles. The maximum absolute atomic E-state index is 12.3. The number of aryl methyl sites for hydroxylation is 1. The van der Waals surface area contributed by atoms with Crippen LogP contribution in [0.3, 0.4) is 0 Å². The van der Waals surface area contributed by atoms with Gasteiger partial charge in [-0.2, -0.15) is 0 Å². The van der Waals surface area contributed by atoms with Crippen LogP contribution in [0.2, 0.25) is 5.02 Å². The van der Waals surface area contributed by atoms with Crippen molar-refractivity contribution in [3.63, 3.8) is 0 Å². The van der Waals surface area contributed by atoms with Crippen LogP contribution in [0, 0.1) is 6.92 Å². The van der Waals surface area contributed by atoms with Crippen LogP contribution in [0.25, 0.3) is 0 Å². The van der Waals surface area contributed by atoms with E-state index in [1.54, 1.807) is 0 Å². The van der Waals surface area contributed by atoms with E-state index in [4.69, 9.17) is 21.1 Å². The summed E-state index contributed by atoms with van der Waals surface area (Å²) in [5.41, 5.74) is 2.38. The Labute approximate surface area is 154 Å². The lowest BCUT2D eigenvalue weighted by Gasteiger charge is -2.37. The van der Waals surface area contributed by atoms with Crippen molar-refractivity contribution in [1.29, 1.82) is 0 Å². The summed E-state index contributed by atoms with van der Waals surface area (Å²) in [4.78, 5) is 16.6. The fraction of sp³-hybridized carbons (Fsp3) is 0.632. The van der Waals surface area contributed by atoms with Gasteiger partial charge in [0.15, 0.2) is 0 Å². The molecule has 6 heteroatoms. The van der Waals surface area contributed by atoms with E-state index in [-0.39, 0.29) is 12.0 Å². The number of amides is 1. The predicted octanol–water partition coefficient (Wildman–Crippen LogP) is 2.88. The Hall–Kier alpha value is -1.30. The minimum Gasteiger partial charge on any atom is -0.378 e. The molecular weight excluding hydrogens is 340 g/mol. The van der Waals surface area contributed by atoms with Crippen LogP contribution in [-0.4, -0.2) is 62.9 Å². The Morgan fingerprint density at radius 3 is 2.84 bits per heavy atom. The number of carbonyl (C=O) groups is 1. The number of halogens is 1. The van der Waals surface area contributed by atoms with E-state index in [0.29, 0.717) is 19.6 Å². The van der Waals surface area contributed by atoms with Gasteiger partial charge in [0.1, 0.15) is 0 Å². The summed E-state index contributed by atoms with van der Waals surface area (Å²) in [5.74, 6) is 0.176. The minimum atomic E-state index is 0.176. The molecule has 1 amide bonds. The highest BCUT2D eigenvalue weighted by Gasteiger charge is 2.22. The molecule has 0 N–H and O–H groups in total. The molecular formula is C19H27ClN2O3. The molecule has 25 heavy (non-hydrogen) atoms. The monoisotopic (exact) mass is 366 g/mol. The molecule has 5 nitrogen and oxygen atoms in total. The van der Waals surface area contributed by atoms with Crippen molar-refractivity contribution >= 4 is 23.2 Å². The first kappa shape index (κ1) is 18.5. The van der Waals surface area contributed by atoms with Crippen molar-refractivity contribution in [1.82, 2.24) is 4.90 Å². The number of carbonyl (C=O) groups excluding carboxylic acids is 1. The summed E-state index contributed by atoms with van der Waals surface area (Å²) >= 11 is 6.12. The molecule has 2 aliphatic heterocycles. The van der Waals surface area contributed by atoms with E-state index in [0.717, 1.165) is 50.7 Å². The van der Waals surface area contributed by atoms with Crippen molar-refractivity contribution in [2.75, 3.05) is 50.9 Å². The van der Waals surface area contributed by atoms with Gasteiger partial charge in [0.05, 0.1) is 25.7 Å². The third-order valence-electron chi connectivity index (χ3n) is 4.93. The standard InChI is InChI=1S/C19H27ClN2O3/c1-15-4-5-16(20)13-18(15)21-7-9-22(10-8-21)19(23)6-12-24-14-17-3-2-11-25-17/h4-5,13,17H,2-3,6-12,14H2,1H3. The molecule has 0 radical (unpaired) electrons. The highest BCUT2D eigenvalue weighted by molar-refractivity contribution is 6.30. The smallest absolute Gasteiger partial charge is 0.225 e. The Morgan fingerprint density at radius 2 is 2.12 bits per heavy atom. The van der Waals surface area contributed by atoms with Gasteiger partial charge in [-0.05, 0) is 37.5 Å². The lowest BCUT2D eigenvalue weighted by atomic mass is 10.1. The molecule has 2 heterocycles. The normalized spacial score (nSPS) is 21.0. The highest BCUT2D eigenvalue weighted by atomic mass is 35.5. The molecule has 2 fully saturated rings. The number of hydrogen-bond acceptors (Lipinski definition) is 4.